The van der Waals surface area contributed by atoms with Gasteiger partial charge in [-0.15, -0.1) is 0 Å². The molecule has 0 N–H and O–H groups in total. The molecule has 0 aliphatic rings. The van der Waals surface area contributed by atoms with Gasteiger partial charge in [-0.2, -0.15) is 5.10 Å². The van der Waals surface area contributed by atoms with Crippen LogP contribution in [0, 0.1) is 13.8 Å². The lowest BCUT2D eigenvalue weighted by Crippen LogP contribution is -1.98. The minimum atomic E-state index is 0.625. The van der Waals surface area contributed by atoms with E-state index in [1.807, 2.05) is 50.2 Å². The van der Waals surface area contributed by atoms with E-state index in [0.717, 1.165) is 28.2 Å². The van der Waals surface area contributed by atoms with Crippen LogP contribution >= 0.6 is 11.6 Å². The Morgan fingerprint density at radius 1 is 1.11 bits per heavy atom. The predicted molar refractivity (Wildman–Crippen MR) is 72.9 cm³/mol. The van der Waals surface area contributed by atoms with Gasteiger partial charge in [0.05, 0.1) is 5.69 Å². The Labute approximate surface area is 110 Å². The van der Waals surface area contributed by atoms with E-state index in [1.54, 1.807) is 4.52 Å². The summed E-state index contributed by atoms with van der Waals surface area (Å²) in [5, 5.41) is 5.13. The molecule has 0 fully saturated rings. The summed E-state index contributed by atoms with van der Waals surface area (Å²) in [6, 6.07) is 12.0. The fourth-order valence-electron chi connectivity index (χ4n) is 1.91. The molecule has 3 rings (SSSR count). The highest BCUT2D eigenvalue weighted by atomic mass is 35.5. The molecule has 2 heterocycles. The molecule has 18 heavy (non-hydrogen) atoms. The third-order valence-corrected chi connectivity index (χ3v) is 3.52. The van der Waals surface area contributed by atoms with E-state index >= 15 is 0 Å². The van der Waals surface area contributed by atoms with Gasteiger partial charge in [-0.3, -0.25) is 0 Å². The topological polar surface area (TPSA) is 30.2 Å². The number of aromatic nitrogens is 3. The standard InChI is InChI=1S/C14H12ClN3/c1-9-10(2)16-13-8-12(17-18(13)14(9)15)11-6-4-3-5-7-11/h3-8H,1-2H3. The molecule has 0 bridgehead atoms. The molecule has 1 aromatic carbocycles. The summed E-state index contributed by atoms with van der Waals surface area (Å²) in [4.78, 5) is 4.50. The summed E-state index contributed by atoms with van der Waals surface area (Å²) in [6.07, 6.45) is 0. The molecular weight excluding hydrogens is 246 g/mol. The van der Waals surface area contributed by atoms with Crippen molar-refractivity contribution in [3.05, 3.63) is 52.8 Å². The first-order chi connectivity index (χ1) is 8.66. The third-order valence-electron chi connectivity index (χ3n) is 3.08. The monoisotopic (exact) mass is 257 g/mol. The molecule has 4 heteroatoms. The Hall–Kier alpha value is -1.87. The first-order valence-corrected chi connectivity index (χ1v) is 6.12. The highest BCUT2D eigenvalue weighted by Crippen LogP contribution is 2.23. The fraction of sp³-hybridized carbons (Fsp3) is 0.143. The van der Waals surface area contributed by atoms with Gasteiger partial charge in [0.25, 0.3) is 0 Å². The molecular formula is C14H12ClN3. The molecule has 90 valence electrons. The second-order valence-corrected chi connectivity index (χ2v) is 4.64. The molecule has 3 aromatic rings. The molecule has 0 radical (unpaired) electrons. The van der Waals surface area contributed by atoms with Crippen molar-refractivity contribution in [2.45, 2.75) is 13.8 Å². The van der Waals surface area contributed by atoms with Crippen molar-refractivity contribution in [2.24, 2.45) is 0 Å². The number of aryl methyl sites for hydroxylation is 1. The lowest BCUT2D eigenvalue weighted by Gasteiger charge is -2.03. The first-order valence-electron chi connectivity index (χ1n) is 5.75. The number of fused-ring (bicyclic) bond motifs is 1. The Kier molecular flexibility index (Phi) is 2.56. The van der Waals surface area contributed by atoms with Gasteiger partial charge in [0.2, 0.25) is 0 Å². The van der Waals surface area contributed by atoms with Gasteiger partial charge in [-0.25, -0.2) is 9.50 Å². The molecule has 0 saturated carbocycles. The zero-order valence-corrected chi connectivity index (χ0v) is 10.9. The minimum absolute atomic E-state index is 0.625. The summed E-state index contributed by atoms with van der Waals surface area (Å²) in [5.74, 6) is 0. The van der Waals surface area contributed by atoms with Gasteiger partial charge in [0.15, 0.2) is 5.65 Å². The SMILES string of the molecule is Cc1nc2cc(-c3ccccc3)nn2c(Cl)c1C. The maximum Gasteiger partial charge on any atom is 0.157 e. The average molecular weight is 258 g/mol. The maximum atomic E-state index is 6.29. The van der Waals surface area contributed by atoms with Crippen LogP contribution in [0.5, 0.6) is 0 Å². The summed E-state index contributed by atoms with van der Waals surface area (Å²) in [5.41, 5.74) is 4.63. The van der Waals surface area contributed by atoms with Gasteiger partial charge in [-0.1, -0.05) is 41.9 Å². The number of hydrogen-bond donors (Lipinski definition) is 0. The summed E-state index contributed by atoms with van der Waals surface area (Å²) in [7, 11) is 0. The maximum absolute atomic E-state index is 6.29. The van der Waals surface area contributed by atoms with Crippen LogP contribution < -0.4 is 0 Å². The molecule has 0 aliphatic carbocycles. The molecule has 3 nitrogen and oxygen atoms in total. The van der Waals surface area contributed by atoms with Crippen LogP contribution in [0.15, 0.2) is 36.4 Å². The van der Waals surface area contributed by atoms with Crippen LogP contribution in [-0.4, -0.2) is 14.6 Å². The summed E-state index contributed by atoms with van der Waals surface area (Å²) < 4.78 is 1.69. The van der Waals surface area contributed by atoms with Crippen LogP contribution in [0.25, 0.3) is 16.9 Å². The highest BCUT2D eigenvalue weighted by Gasteiger charge is 2.11. The molecule has 2 aromatic heterocycles. The lowest BCUT2D eigenvalue weighted by atomic mass is 10.2. The number of rotatable bonds is 1. The van der Waals surface area contributed by atoms with E-state index in [2.05, 4.69) is 10.1 Å². The van der Waals surface area contributed by atoms with E-state index in [0.29, 0.717) is 5.15 Å². The minimum Gasteiger partial charge on any atom is -0.233 e. The molecule has 0 aliphatic heterocycles. The van der Waals surface area contributed by atoms with Crippen LogP contribution in [0.1, 0.15) is 11.3 Å². The quantitative estimate of drug-likeness (QED) is 0.623. The molecule has 0 unspecified atom stereocenters. The summed E-state index contributed by atoms with van der Waals surface area (Å²) in [6.45, 7) is 3.91. The zero-order valence-electron chi connectivity index (χ0n) is 10.2. The highest BCUT2D eigenvalue weighted by molar-refractivity contribution is 6.30. The van der Waals surface area contributed by atoms with Crippen molar-refractivity contribution in [3.8, 4) is 11.3 Å². The second kappa shape index (κ2) is 4.10. The van der Waals surface area contributed by atoms with E-state index in [-0.39, 0.29) is 0 Å². The molecule has 0 atom stereocenters. The number of nitrogens with zero attached hydrogens (tertiary/aromatic N) is 3. The van der Waals surface area contributed by atoms with Crippen molar-refractivity contribution in [1.82, 2.24) is 14.6 Å². The van der Waals surface area contributed by atoms with Crippen molar-refractivity contribution in [2.75, 3.05) is 0 Å². The Morgan fingerprint density at radius 3 is 2.56 bits per heavy atom. The van der Waals surface area contributed by atoms with E-state index in [1.165, 1.54) is 0 Å². The number of halogens is 1. The van der Waals surface area contributed by atoms with Gasteiger partial charge >= 0.3 is 0 Å². The first kappa shape index (κ1) is 11.2. The largest absolute Gasteiger partial charge is 0.233 e. The van der Waals surface area contributed by atoms with Gasteiger partial charge < -0.3 is 0 Å². The van der Waals surface area contributed by atoms with Crippen LogP contribution in [0.3, 0.4) is 0 Å². The normalized spacial score (nSPS) is 11.1. The number of hydrogen-bond acceptors (Lipinski definition) is 2. The van der Waals surface area contributed by atoms with Crippen LogP contribution in [0.2, 0.25) is 5.15 Å². The van der Waals surface area contributed by atoms with Crippen molar-refractivity contribution >= 4 is 17.2 Å². The lowest BCUT2D eigenvalue weighted by molar-refractivity contribution is 0.919. The Morgan fingerprint density at radius 2 is 1.83 bits per heavy atom. The van der Waals surface area contributed by atoms with Crippen LogP contribution in [-0.2, 0) is 0 Å². The molecule has 0 amide bonds. The predicted octanol–water partition coefficient (Wildman–Crippen LogP) is 3.67. The van der Waals surface area contributed by atoms with Crippen molar-refractivity contribution < 1.29 is 0 Å². The van der Waals surface area contributed by atoms with Gasteiger partial charge in [0, 0.05) is 22.9 Å². The van der Waals surface area contributed by atoms with E-state index in [9.17, 15) is 0 Å². The summed E-state index contributed by atoms with van der Waals surface area (Å²) >= 11 is 6.29. The van der Waals surface area contributed by atoms with Gasteiger partial charge in [0.1, 0.15) is 5.15 Å². The van der Waals surface area contributed by atoms with Gasteiger partial charge in [-0.05, 0) is 13.8 Å². The van der Waals surface area contributed by atoms with E-state index in [4.69, 9.17) is 11.6 Å². The fourth-order valence-corrected chi connectivity index (χ4v) is 2.17. The second-order valence-electron chi connectivity index (χ2n) is 4.28. The Balaban J connectivity index is 2.27. The molecule has 0 saturated heterocycles. The smallest absolute Gasteiger partial charge is 0.157 e. The van der Waals surface area contributed by atoms with Crippen LogP contribution in [0.4, 0.5) is 0 Å². The van der Waals surface area contributed by atoms with E-state index < -0.39 is 0 Å². The van der Waals surface area contributed by atoms with Crippen molar-refractivity contribution in [3.63, 3.8) is 0 Å². The average Bonchev–Trinajstić information content (AvgIpc) is 2.81. The number of benzene rings is 1. The Bertz CT molecular complexity index is 717. The molecule has 0 spiro atoms. The third kappa shape index (κ3) is 1.68. The van der Waals surface area contributed by atoms with Crippen molar-refractivity contribution in [1.29, 1.82) is 0 Å². The zero-order chi connectivity index (χ0) is 12.7.